The highest BCUT2D eigenvalue weighted by Crippen LogP contribution is 1.92. The molecule has 0 aromatic heterocycles. The summed E-state index contributed by atoms with van der Waals surface area (Å²) in [6.45, 7) is 1.44. The third-order valence-corrected chi connectivity index (χ3v) is 1.29. The summed E-state index contributed by atoms with van der Waals surface area (Å²) >= 11 is 0. The van der Waals surface area contributed by atoms with E-state index in [1.54, 1.807) is 6.92 Å². The Hall–Kier alpha value is -0.170. The normalized spacial score (nSPS) is 15.1. The summed E-state index contributed by atoms with van der Waals surface area (Å²) in [5.74, 6) is 0. The third kappa shape index (κ3) is 5.96. The van der Waals surface area contributed by atoms with Crippen LogP contribution in [-0.2, 0) is 19.3 Å². The number of methoxy groups -OCH3 is 1. The first-order chi connectivity index (χ1) is 4.45. The zero-order chi connectivity index (χ0) is 8.20. The first kappa shape index (κ1) is 9.83. The standard InChI is InChI=1S/C4H10O5S/c1-4(8-2)3-9-10(5,6)7/h4H,3H2,1-2H3,(H,5,6,7). The lowest BCUT2D eigenvalue weighted by atomic mass is 10.4. The fourth-order valence-corrected chi connectivity index (χ4v) is 0.613. The van der Waals surface area contributed by atoms with E-state index in [0.717, 1.165) is 0 Å². The zero-order valence-corrected chi connectivity index (χ0v) is 6.59. The molecule has 1 N–H and O–H groups in total. The summed E-state index contributed by atoms with van der Waals surface area (Å²) in [5, 5.41) is 0. The van der Waals surface area contributed by atoms with Gasteiger partial charge in [0.25, 0.3) is 0 Å². The molecule has 0 amide bonds. The van der Waals surface area contributed by atoms with E-state index in [9.17, 15) is 8.42 Å². The lowest BCUT2D eigenvalue weighted by Gasteiger charge is -2.06. The monoisotopic (exact) mass is 170 g/mol. The van der Waals surface area contributed by atoms with E-state index >= 15 is 0 Å². The van der Waals surface area contributed by atoms with Crippen LogP contribution in [0.2, 0.25) is 0 Å². The minimum absolute atomic E-state index is 0.171. The van der Waals surface area contributed by atoms with Crippen LogP contribution in [0.4, 0.5) is 0 Å². The van der Waals surface area contributed by atoms with E-state index in [2.05, 4.69) is 8.92 Å². The minimum Gasteiger partial charge on any atom is -0.379 e. The quantitative estimate of drug-likeness (QED) is 0.593. The Morgan fingerprint density at radius 1 is 1.60 bits per heavy atom. The van der Waals surface area contributed by atoms with Gasteiger partial charge in [-0.2, -0.15) is 8.42 Å². The maximum absolute atomic E-state index is 9.93. The smallest absolute Gasteiger partial charge is 0.379 e. The Morgan fingerprint density at radius 2 is 2.10 bits per heavy atom. The molecule has 10 heavy (non-hydrogen) atoms. The first-order valence-corrected chi connectivity index (χ1v) is 3.97. The Kier molecular flexibility index (Phi) is 3.80. The van der Waals surface area contributed by atoms with Crippen LogP contribution in [0.1, 0.15) is 6.92 Å². The van der Waals surface area contributed by atoms with Gasteiger partial charge in [-0.25, -0.2) is 4.18 Å². The Morgan fingerprint density at radius 3 is 2.40 bits per heavy atom. The van der Waals surface area contributed by atoms with Crippen LogP contribution >= 0.6 is 0 Å². The molecule has 0 saturated carbocycles. The molecule has 6 heteroatoms. The van der Waals surface area contributed by atoms with Crippen LogP contribution in [0.3, 0.4) is 0 Å². The molecule has 0 radical (unpaired) electrons. The van der Waals surface area contributed by atoms with E-state index < -0.39 is 10.4 Å². The van der Waals surface area contributed by atoms with Gasteiger partial charge >= 0.3 is 10.4 Å². The molecule has 1 unspecified atom stereocenters. The topological polar surface area (TPSA) is 72.8 Å². The van der Waals surface area contributed by atoms with Gasteiger partial charge in [0.15, 0.2) is 0 Å². The summed E-state index contributed by atoms with van der Waals surface area (Å²) in [6, 6.07) is 0. The average Bonchev–Trinajstić information content (AvgIpc) is 1.81. The summed E-state index contributed by atoms with van der Waals surface area (Å²) in [5.41, 5.74) is 0. The van der Waals surface area contributed by atoms with Crippen LogP contribution in [-0.4, -0.2) is 32.8 Å². The first-order valence-electron chi connectivity index (χ1n) is 2.60. The van der Waals surface area contributed by atoms with Crippen LogP contribution in [0.15, 0.2) is 0 Å². The SMILES string of the molecule is COC(C)COS(=O)(=O)O. The lowest BCUT2D eigenvalue weighted by molar-refractivity contribution is 0.0691. The van der Waals surface area contributed by atoms with Gasteiger partial charge in [-0.05, 0) is 6.92 Å². The van der Waals surface area contributed by atoms with Crippen molar-refractivity contribution in [3.63, 3.8) is 0 Å². The van der Waals surface area contributed by atoms with E-state index in [1.165, 1.54) is 7.11 Å². The Balaban J connectivity index is 3.56. The van der Waals surface area contributed by atoms with Crippen molar-refractivity contribution in [3.8, 4) is 0 Å². The fourth-order valence-electron chi connectivity index (χ4n) is 0.250. The van der Waals surface area contributed by atoms with Crippen LogP contribution in [0.25, 0.3) is 0 Å². The van der Waals surface area contributed by atoms with Crippen molar-refractivity contribution >= 4 is 10.4 Å². The highest BCUT2D eigenvalue weighted by molar-refractivity contribution is 7.80. The number of ether oxygens (including phenoxy) is 1. The molecule has 0 spiro atoms. The summed E-state index contributed by atoms with van der Waals surface area (Å²) in [4.78, 5) is 0. The van der Waals surface area contributed by atoms with Gasteiger partial charge in [-0.3, -0.25) is 4.55 Å². The molecule has 0 heterocycles. The number of hydrogen-bond donors (Lipinski definition) is 1. The number of hydrogen-bond acceptors (Lipinski definition) is 4. The van der Waals surface area contributed by atoms with Gasteiger partial charge < -0.3 is 4.74 Å². The van der Waals surface area contributed by atoms with E-state index in [-0.39, 0.29) is 12.7 Å². The molecule has 0 aromatic rings. The van der Waals surface area contributed by atoms with Crippen molar-refractivity contribution in [1.29, 1.82) is 0 Å². The predicted molar refractivity (Wildman–Crippen MR) is 34.0 cm³/mol. The van der Waals surface area contributed by atoms with Crippen LogP contribution in [0.5, 0.6) is 0 Å². The molecule has 0 saturated heterocycles. The summed E-state index contributed by atoms with van der Waals surface area (Å²) < 4.78 is 36.5. The van der Waals surface area contributed by atoms with Crippen molar-refractivity contribution in [2.45, 2.75) is 13.0 Å². The highest BCUT2D eigenvalue weighted by Gasteiger charge is 2.07. The molecule has 0 fully saturated rings. The molecular weight excluding hydrogens is 160 g/mol. The van der Waals surface area contributed by atoms with Gasteiger partial charge in [-0.15, -0.1) is 0 Å². The van der Waals surface area contributed by atoms with E-state index in [0.29, 0.717) is 0 Å². The van der Waals surface area contributed by atoms with Crippen molar-refractivity contribution < 1.29 is 21.9 Å². The molecule has 0 bridgehead atoms. The second kappa shape index (κ2) is 3.87. The highest BCUT2D eigenvalue weighted by atomic mass is 32.3. The zero-order valence-electron chi connectivity index (χ0n) is 5.77. The largest absolute Gasteiger partial charge is 0.397 e. The van der Waals surface area contributed by atoms with Gasteiger partial charge in [0.05, 0.1) is 12.7 Å². The maximum Gasteiger partial charge on any atom is 0.397 e. The van der Waals surface area contributed by atoms with Crippen molar-refractivity contribution in [1.82, 2.24) is 0 Å². The van der Waals surface area contributed by atoms with Gasteiger partial charge in [0.1, 0.15) is 0 Å². The molecular formula is C4H10O5S. The van der Waals surface area contributed by atoms with Crippen molar-refractivity contribution in [2.24, 2.45) is 0 Å². The molecule has 5 nitrogen and oxygen atoms in total. The molecule has 0 rings (SSSR count). The maximum atomic E-state index is 9.93. The molecule has 1 atom stereocenters. The second-order valence-corrected chi connectivity index (χ2v) is 2.85. The third-order valence-electron chi connectivity index (χ3n) is 0.854. The van der Waals surface area contributed by atoms with E-state index in [1.807, 2.05) is 0 Å². The van der Waals surface area contributed by atoms with E-state index in [4.69, 9.17) is 4.55 Å². The second-order valence-electron chi connectivity index (χ2n) is 1.76. The molecule has 0 aliphatic heterocycles. The molecule has 0 aromatic carbocycles. The summed E-state index contributed by atoms with van der Waals surface area (Å²) in [7, 11) is -2.89. The molecule has 0 aliphatic rings. The predicted octanol–water partition coefficient (Wildman–Crippen LogP) is -0.159. The average molecular weight is 170 g/mol. The van der Waals surface area contributed by atoms with Crippen molar-refractivity contribution in [2.75, 3.05) is 13.7 Å². The van der Waals surface area contributed by atoms with Crippen molar-refractivity contribution in [3.05, 3.63) is 0 Å². The molecule has 0 aliphatic carbocycles. The Labute approximate surface area is 59.9 Å². The Bertz CT molecular complexity index is 172. The van der Waals surface area contributed by atoms with Gasteiger partial charge in [-0.1, -0.05) is 0 Å². The van der Waals surface area contributed by atoms with Gasteiger partial charge in [0, 0.05) is 7.11 Å². The fraction of sp³-hybridized carbons (Fsp3) is 1.00. The van der Waals surface area contributed by atoms with Crippen LogP contribution in [0, 0.1) is 0 Å². The summed E-state index contributed by atoms with van der Waals surface area (Å²) in [6.07, 6.45) is -0.345. The lowest BCUT2D eigenvalue weighted by Crippen LogP contribution is -2.17. The number of rotatable bonds is 4. The van der Waals surface area contributed by atoms with Crippen LogP contribution < -0.4 is 0 Å². The minimum atomic E-state index is -4.31. The van der Waals surface area contributed by atoms with Gasteiger partial charge in [0.2, 0.25) is 0 Å². The molecule has 62 valence electrons.